The van der Waals surface area contributed by atoms with E-state index in [1.807, 2.05) is 30.7 Å². The normalized spacial score (nSPS) is 10.1. The van der Waals surface area contributed by atoms with Gasteiger partial charge in [0.2, 0.25) is 0 Å². The van der Waals surface area contributed by atoms with Crippen LogP contribution in [0.4, 0.5) is 0 Å². The minimum atomic E-state index is 0.00806. The summed E-state index contributed by atoms with van der Waals surface area (Å²) < 4.78 is 6.65. The zero-order valence-electron chi connectivity index (χ0n) is 8.20. The van der Waals surface area contributed by atoms with Crippen LogP contribution in [0.25, 0.3) is 0 Å². The highest BCUT2D eigenvalue weighted by atomic mass is 16.5. The predicted octanol–water partition coefficient (Wildman–Crippen LogP) is 0.649. The molecule has 0 saturated heterocycles. The van der Waals surface area contributed by atoms with Crippen molar-refractivity contribution in [2.24, 2.45) is 7.05 Å². The van der Waals surface area contributed by atoms with Crippen molar-refractivity contribution < 1.29 is 14.1 Å². The molecule has 1 aromatic heterocycles. The van der Waals surface area contributed by atoms with Gasteiger partial charge in [0, 0.05) is 26.2 Å². The number of ketones is 1. The third-order valence-corrected chi connectivity index (χ3v) is 2.04. The maximum atomic E-state index is 11.5. The van der Waals surface area contributed by atoms with E-state index >= 15 is 0 Å². The van der Waals surface area contributed by atoms with Crippen LogP contribution >= 0.6 is 0 Å². The molecule has 0 saturated carbocycles. The van der Waals surface area contributed by atoms with Crippen LogP contribution in [0.3, 0.4) is 0 Å². The van der Waals surface area contributed by atoms with Gasteiger partial charge in [-0.3, -0.25) is 4.79 Å². The smallest absolute Gasteiger partial charge is 0.252 e. The maximum absolute atomic E-state index is 11.5. The van der Waals surface area contributed by atoms with Gasteiger partial charge < -0.3 is 4.74 Å². The zero-order chi connectivity index (χ0) is 9.84. The first-order valence-corrected chi connectivity index (χ1v) is 4.14. The number of rotatable bonds is 3. The van der Waals surface area contributed by atoms with Crippen molar-refractivity contribution in [3.05, 3.63) is 29.6 Å². The number of Topliss-reactive ketones (excluding diaryl/α,β-unsaturated/α-hetero) is 1. The number of aryl methyl sites for hydroxylation is 1. The van der Waals surface area contributed by atoms with Gasteiger partial charge in [0.25, 0.3) is 11.5 Å². The number of carbonyl (C=O) groups is 1. The zero-order valence-corrected chi connectivity index (χ0v) is 8.20. The molecule has 1 rings (SSSR count). The van der Waals surface area contributed by atoms with Crippen LogP contribution in [0.1, 0.15) is 16.2 Å². The molecule has 0 unspecified atom stereocenters. The van der Waals surface area contributed by atoms with Crippen LogP contribution < -0.4 is 4.57 Å². The summed E-state index contributed by atoms with van der Waals surface area (Å²) in [6.45, 7) is 2.10. The number of hydrogen-bond donors (Lipinski definition) is 0. The van der Waals surface area contributed by atoms with Crippen LogP contribution in [0, 0.1) is 6.92 Å². The predicted molar refractivity (Wildman–Crippen MR) is 48.6 cm³/mol. The standard InChI is InChI=1S/C10H14NO2/c1-8-5-4-6-9(11(8)2)10(12)7-13-3/h4-6H,7H2,1-3H3/q+1. The number of hydrogen-bond acceptors (Lipinski definition) is 2. The second kappa shape index (κ2) is 4.14. The molecular formula is C10H14NO2+. The molecule has 0 N–H and O–H groups in total. The first kappa shape index (κ1) is 9.86. The lowest BCUT2D eigenvalue weighted by molar-refractivity contribution is -0.679. The van der Waals surface area contributed by atoms with Crippen LogP contribution in [0.2, 0.25) is 0 Å². The molecule has 1 heterocycles. The van der Waals surface area contributed by atoms with E-state index in [1.165, 1.54) is 7.11 Å². The number of aromatic nitrogens is 1. The number of methoxy groups -OCH3 is 1. The highest BCUT2D eigenvalue weighted by Crippen LogP contribution is 1.96. The fourth-order valence-corrected chi connectivity index (χ4v) is 1.18. The van der Waals surface area contributed by atoms with Gasteiger partial charge in [0.05, 0.1) is 0 Å². The Morgan fingerprint density at radius 3 is 2.85 bits per heavy atom. The van der Waals surface area contributed by atoms with E-state index in [-0.39, 0.29) is 12.4 Å². The lowest BCUT2D eigenvalue weighted by Gasteiger charge is -2.00. The average molecular weight is 180 g/mol. The quantitative estimate of drug-likeness (QED) is 0.505. The number of ether oxygens (including phenoxy) is 1. The molecule has 3 nitrogen and oxygen atoms in total. The SMILES string of the molecule is COCC(=O)c1cccc(C)[n+]1C. The van der Waals surface area contributed by atoms with Gasteiger partial charge in [-0.05, 0) is 6.07 Å². The number of carbonyl (C=O) groups excluding carboxylic acids is 1. The monoisotopic (exact) mass is 180 g/mol. The molecular weight excluding hydrogens is 166 g/mol. The topological polar surface area (TPSA) is 30.2 Å². The first-order chi connectivity index (χ1) is 6.16. The van der Waals surface area contributed by atoms with Crippen LogP contribution in [-0.2, 0) is 11.8 Å². The molecule has 0 aromatic carbocycles. The highest BCUT2D eigenvalue weighted by Gasteiger charge is 2.16. The van der Waals surface area contributed by atoms with Crippen molar-refractivity contribution >= 4 is 5.78 Å². The van der Waals surface area contributed by atoms with E-state index in [0.29, 0.717) is 5.69 Å². The van der Waals surface area contributed by atoms with Crippen molar-refractivity contribution in [1.82, 2.24) is 0 Å². The summed E-state index contributed by atoms with van der Waals surface area (Å²) in [6.07, 6.45) is 0. The maximum Gasteiger partial charge on any atom is 0.252 e. The van der Waals surface area contributed by atoms with E-state index in [0.717, 1.165) is 5.69 Å². The second-order valence-corrected chi connectivity index (χ2v) is 2.97. The molecule has 0 aliphatic rings. The molecule has 1 aromatic rings. The molecule has 0 aliphatic heterocycles. The summed E-state index contributed by atoms with van der Waals surface area (Å²) in [5.41, 5.74) is 1.74. The van der Waals surface area contributed by atoms with E-state index in [1.54, 1.807) is 6.07 Å². The minimum absolute atomic E-state index is 0.00806. The third-order valence-electron chi connectivity index (χ3n) is 2.04. The Morgan fingerprint density at radius 2 is 2.23 bits per heavy atom. The van der Waals surface area contributed by atoms with Crippen molar-refractivity contribution in [3.63, 3.8) is 0 Å². The summed E-state index contributed by atoms with van der Waals surface area (Å²) in [6, 6.07) is 5.64. The highest BCUT2D eigenvalue weighted by molar-refractivity contribution is 5.93. The summed E-state index contributed by atoms with van der Waals surface area (Å²) in [7, 11) is 3.39. The van der Waals surface area contributed by atoms with Crippen molar-refractivity contribution in [1.29, 1.82) is 0 Å². The lowest BCUT2D eigenvalue weighted by atomic mass is 10.2. The Hall–Kier alpha value is -1.22. The van der Waals surface area contributed by atoms with Gasteiger partial charge in [-0.15, -0.1) is 0 Å². The Bertz CT molecular complexity index is 321. The fourth-order valence-electron chi connectivity index (χ4n) is 1.18. The number of nitrogens with zero attached hydrogens (tertiary/aromatic N) is 1. The van der Waals surface area contributed by atoms with Crippen molar-refractivity contribution in [2.75, 3.05) is 13.7 Å². The third kappa shape index (κ3) is 2.12. The summed E-state index contributed by atoms with van der Waals surface area (Å²) in [5.74, 6) is 0.00806. The minimum Gasteiger partial charge on any atom is -0.376 e. The molecule has 0 aliphatic carbocycles. The second-order valence-electron chi connectivity index (χ2n) is 2.97. The molecule has 0 bridgehead atoms. The summed E-state index contributed by atoms with van der Waals surface area (Å²) in [5, 5.41) is 0. The first-order valence-electron chi connectivity index (χ1n) is 4.14. The molecule has 3 heteroatoms. The molecule has 0 radical (unpaired) electrons. The average Bonchev–Trinajstić information content (AvgIpc) is 2.10. The lowest BCUT2D eigenvalue weighted by Crippen LogP contribution is -2.39. The molecule has 13 heavy (non-hydrogen) atoms. The van der Waals surface area contributed by atoms with Gasteiger partial charge in [-0.2, -0.15) is 4.57 Å². The molecule has 0 amide bonds. The Morgan fingerprint density at radius 1 is 1.54 bits per heavy atom. The van der Waals surface area contributed by atoms with Crippen LogP contribution in [0.15, 0.2) is 18.2 Å². The molecule has 0 fully saturated rings. The Kier molecular flexibility index (Phi) is 3.14. The summed E-state index contributed by atoms with van der Waals surface area (Å²) >= 11 is 0. The molecule has 0 spiro atoms. The largest absolute Gasteiger partial charge is 0.376 e. The van der Waals surface area contributed by atoms with E-state index in [4.69, 9.17) is 4.74 Å². The van der Waals surface area contributed by atoms with Gasteiger partial charge in [-0.1, -0.05) is 0 Å². The molecule has 0 atom stereocenters. The van der Waals surface area contributed by atoms with Crippen molar-refractivity contribution in [3.8, 4) is 0 Å². The number of pyridine rings is 1. The fraction of sp³-hybridized carbons (Fsp3) is 0.400. The van der Waals surface area contributed by atoms with Crippen LogP contribution in [-0.4, -0.2) is 19.5 Å². The Balaban J connectivity index is 3.01. The van der Waals surface area contributed by atoms with Gasteiger partial charge >= 0.3 is 0 Å². The van der Waals surface area contributed by atoms with E-state index in [2.05, 4.69) is 0 Å². The summed E-state index contributed by atoms with van der Waals surface area (Å²) in [4.78, 5) is 11.5. The van der Waals surface area contributed by atoms with Crippen molar-refractivity contribution in [2.45, 2.75) is 6.92 Å². The Labute approximate surface area is 78.0 Å². The van der Waals surface area contributed by atoms with E-state index in [9.17, 15) is 4.79 Å². The van der Waals surface area contributed by atoms with Gasteiger partial charge in [-0.25, -0.2) is 0 Å². The van der Waals surface area contributed by atoms with E-state index < -0.39 is 0 Å². The molecule has 70 valence electrons. The van der Waals surface area contributed by atoms with Crippen LogP contribution in [0.5, 0.6) is 0 Å². The van der Waals surface area contributed by atoms with Gasteiger partial charge in [0.15, 0.2) is 5.69 Å². The van der Waals surface area contributed by atoms with Gasteiger partial charge in [0.1, 0.15) is 13.7 Å².